The SMILES string of the molecule is C[C@@H]1C[C@@H]1C(=O)N1CCO[C@@H](CS(=O)(=O)NCc2ccccn2)C1. The Labute approximate surface area is 142 Å². The molecule has 0 radical (unpaired) electrons. The molecule has 2 fully saturated rings. The molecule has 132 valence electrons. The average Bonchev–Trinajstić information content (AvgIpc) is 3.30. The fourth-order valence-electron chi connectivity index (χ4n) is 2.91. The summed E-state index contributed by atoms with van der Waals surface area (Å²) in [5.74, 6) is 0.545. The first-order valence-corrected chi connectivity index (χ1v) is 9.87. The fraction of sp³-hybridized carbons (Fsp3) is 0.625. The first-order valence-electron chi connectivity index (χ1n) is 8.22. The van der Waals surface area contributed by atoms with Crippen LogP contribution in [0, 0.1) is 11.8 Å². The smallest absolute Gasteiger partial charge is 0.226 e. The van der Waals surface area contributed by atoms with Crippen molar-refractivity contribution >= 4 is 15.9 Å². The van der Waals surface area contributed by atoms with Crippen molar-refractivity contribution in [2.24, 2.45) is 11.8 Å². The van der Waals surface area contributed by atoms with Crippen LogP contribution in [-0.4, -0.2) is 55.8 Å². The van der Waals surface area contributed by atoms with Crippen molar-refractivity contribution < 1.29 is 17.9 Å². The maximum atomic E-state index is 12.3. The number of rotatable bonds is 6. The van der Waals surface area contributed by atoms with Gasteiger partial charge in [-0.05, 0) is 24.5 Å². The molecule has 8 heteroatoms. The van der Waals surface area contributed by atoms with Gasteiger partial charge in [-0.15, -0.1) is 0 Å². The lowest BCUT2D eigenvalue weighted by Crippen LogP contribution is -2.49. The highest BCUT2D eigenvalue weighted by Gasteiger charge is 2.42. The minimum absolute atomic E-state index is 0.114. The number of carbonyl (C=O) groups is 1. The van der Waals surface area contributed by atoms with Crippen molar-refractivity contribution in [1.82, 2.24) is 14.6 Å². The molecule has 24 heavy (non-hydrogen) atoms. The zero-order valence-electron chi connectivity index (χ0n) is 13.7. The van der Waals surface area contributed by atoms with Crippen LogP contribution in [0.3, 0.4) is 0 Å². The lowest BCUT2D eigenvalue weighted by atomic mass is 10.2. The Bertz CT molecular complexity index is 680. The van der Waals surface area contributed by atoms with E-state index in [4.69, 9.17) is 4.74 Å². The van der Waals surface area contributed by atoms with Gasteiger partial charge in [-0.3, -0.25) is 9.78 Å². The molecule has 1 aromatic heterocycles. The van der Waals surface area contributed by atoms with E-state index in [0.29, 0.717) is 31.3 Å². The molecule has 0 bridgehead atoms. The summed E-state index contributed by atoms with van der Waals surface area (Å²) in [6.07, 6.45) is 2.07. The van der Waals surface area contributed by atoms with Gasteiger partial charge < -0.3 is 9.64 Å². The zero-order valence-corrected chi connectivity index (χ0v) is 14.5. The van der Waals surface area contributed by atoms with Crippen molar-refractivity contribution in [3.05, 3.63) is 30.1 Å². The van der Waals surface area contributed by atoms with Gasteiger partial charge in [0.05, 0.1) is 30.7 Å². The van der Waals surface area contributed by atoms with E-state index >= 15 is 0 Å². The molecule has 1 aliphatic heterocycles. The van der Waals surface area contributed by atoms with Crippen molar-refractivity contribution in [1.29, 1.82) is 0 Å². The van der Waals surface area contributed by atoms with Gasteiger partial charge in [-0.25, -0.2) is 13.1 Å². The van der Waals surface area contributed by atoms with Gasteiger partial charge >= 0.3 is 0 Å². The molecule has 3 atom stereocenters. The van der Waals surface area contributed by atoms with E-state index in [1.807, 2.05) is 6.07 Å². The summed E-state index contributed by atoms with van der Waals surface area (Å²) in [5.41, 5.74) is 0.658. The quantitative estimate of drug-likeness (QED) is 0.799. The minimum Gasteiger partial charge on any atom is -0.373 e. The second kappa shape index (κ2) is 7.16. The standard InChI is InChI=1S/C16H23N3O4S/c1-12-8-15(12)16(20)19-6-7-23-14(10-19)11-24(21,22)18-9-13-4-2-3-5-17-13/h2-5,12,14-15,18H,6-11H2,1H3/t12-,14-,15+/m1/s1. The summed E-state index contributed by atoms with van der Waals surface area (Å²) in [7, 11) is -3.50. The summed E-state index contributed by atoms with van der Waals surface area (Å²) in [5, 5.41) is 0. The number of nitrogens with zero attached hydrogens (tertiary/aromatic N) is 2. The lowest BCUT2D eigenvalue weighted by Gasteiger charge is -2.33. The Morgan fingerprint density at radius 1 is 1.46 bits per heavy atom. The Balaban J connectivity index is 1.51. The van der Waals surface area contributed by atoms with Crippen molar-refractivity contribution in [3.63, 3.8) is 0 Å². The number of morpholine rings is 1. The number of aromatic nitrogens is 1. The Morgan fingerprint density at radius 3 is 2.92 bits per heavy atom. The molecule has 0 aromatic carbocycles. The third-order valence-electron chi connectivity index (χ3n) is 4.48. The molecule has 1 saturated heterocycles. The number of hydrogen-bond donors (Lipinski definition) is 1. The molecule has 1 N–H and O–H groups in total. The lowest BCUT2D eigenvalue weighted by molar-refractivity contribution is -0.139. The minimum atomic E-state index is -3.50. The number of nitrogens with one attached hydrogen (secondary N) is 1. The molecular weight excluding hydrogens is 330 g/mol. The predicted molar refractivity (Wildman–Crippen MR) is 88.5 cm³/mol. The normalized spacial score (nSPS) is 27.0. The summed E-state index contributed by atoms with van der Waals surface area (Å²) in [4.78, 5) is 18.1. The van der Waals surface area contributed by atoms with Crippen LogP contribution in [0.15, 0.2) is 24.4 Å². The maximum Gasteiger partial charge on any atom is 0.226 e. The monoisotopic (exact) mass is 353 g/mol. The topological polar surface area (TPSA) is 88.6 Å². The van der Waals surface area contributed by atoms with E-state index < -0.39 is 16.1 Å². The maximum absolute atomic E-state index is 12.3. The van der Waals surface area contributed by atoms with Crippen LogP contribution in [0.25, 0.3) is 0 Å². The van der Waals surface area contributed by atoms with Crippen LogP contribution in [0.1, 0.15) is 19.0 Å². The van der Waals surface area contributed by atoms with Crippen LogP contribution < -0.4 is 4.72 Å². The zero-order chi connectivity index (χ0) is 17.2. The first-order chi connectivity index (χ1) is 11.4. The van der Waals surface area contributed by atoms with E-state index in [-0.39, 0.29) is 24.1 Å². The summed E-state index contributed by atoms with van der Waals surface area (Å²) >= 11 is 0. The summed E-state index contributed by atoms with van der Waals surface area (Å²) < 4.78 is 32.5. The van der Waals surface area contributed by atoms with E-state index in [0.717, 1.165) is 6.42 Å². The second-order valence-corrected chi connectivity index (χ2v) is 8.37. The Hall–Kier alpha value is -1.51. The van der Waals surface area contributed by atoms with Gasteiger partial charge in [0.2, 0.25) is 15.9 Å². The van der Waals surface area contributed by atoms with E-state index in [1.54, 1.807) is 23.2 Å². The molecule has 0 spiro atoms. The highest BCUT2D eigenvalue weighted by molar-refractivity contribution is 7.89. The van der Waals surface area contributed by atoms with E-state index in [1.165, 1.54) is 0 Å². The third-order valence-corrected chi connectivity index (χ3v) is 5.88. The predicted octanol–water partition coefficient (Wildman–Crippen LogP) is 0.384. The summed E-state index contributed by atoms with van der Waals surface area (Å²) in [6, 6.07) is 5.35. The highest BCUT2D eigenvalue weighted by atomic mass is 32.2. The van der Waals surface area contributed by atoms with Crippen LogP contribution in [0.2, 0.25) is 0 Å². The summed E-state index contributed by atoms with van der Waals surface area (Å²) in [6.45, 7) is 3.48. The average molecular weight is 353 g/mol. The molecule has 3 rings (SSSR count). The fourth-order valence-corrected chi connectivity index (χ4v) is 4.09. The molecular formula is C16H23N3O4S. The van der Waals surface area contributed by atoms with Crippen LogP contribution >= 0.6 is 0 Å². The van der Waals surface area contributed by atoms with Gasteiger partial charge in [-0.1, -0.05) is 13.0 Å². The second-order valence-electron chi connectivity index (χ2n) is 6.52. The van der Waals surface area contributed by atoms with E-state index in [9.17, 15) is 13.2 Å². The number of amides is 1. The Kier molecular flexibility index (Phi) is 5.17. The Morgan fingerprint density at radius 2 is 2.25 bits per heavy atom. The van der Waals surface area contributed by atoms with E-state index in [2.05, 4.69) is 16.6 Å². The van der Waals surface area contributed by atoms with Gasteiger partial charge in [0.15, 0.2) is 0 Å². The van der Waals surface area contributed by atoms with Gasteiger partial charge in [0, 0.05) is 25.2 Å². The number of ether oxygens (including phenoxy) is 1. The first kappa shape index (κ1) is 17.3. The van der Waals surface area contributed by atoms with Crippen LogP contribution in [-0.2, 0) is 26.1 Å². The molecule has 2 aliphatic rings. The van der Waals surface area contributed by atoms with Gasteiger partial charge in [0.25, 0.3) is 0 Å². The van der Waals surface area contributed by atoms with Crippen molar-refractivity contribution in [2.45, 2.75) is 26.0 Å². The molecule has 2 heterocycles. The van der Waals surface area contributed by atoms with Gasteiger partial charge in [-0.2, -0.15) is 0 Å². The third kappa shape index (κ3) is 4.52. The van der Waals surface area contributed by atoms with Gasteiger partial charge in [0.1, 0.15) is 0 Å². The molecule has 1 aliphatic carbocycles. The molecule has 7 nitrogen and oxygen atoms in total. The van der Waals surface area contributed by atoms with Crippen molar-refractivity contribution in [3.8, 4) is 0 Å². The van der Waals surface area contributed by atoms with Crippen LogP contribution in [0.4, 0.5) is 0 Å². The van der Waals surface area contributed by atoms with Crippen LogP contribution in [0.5, 0.6) is 0 Å². The number of pyridine rings is 1. The molecule has 0 unspecified atom stereocenters. The van der Waals surface area contributed by atoms with Crippen molar-refractivity contribution in [2.75, 3.05) is 25.4 Å². The largest absolute Gasteiger partial charge is 0.373 e. The number of carbonyl (C=O) groups excluding carboxylic acids is 1. The number of sulfonamides is 1. The highest BCUT2D eigenvalue weighted by Crippen LogP contribution is 2.39. The molecule has 1 amide bonds. The molecule has 1 saturated carbocycles. The number of hydrogen-bond acceptors (Lipinski definition) is 5. The molecule has 1 aromatic rings.